The minimum absolute atomic E-state index is 0.768. The second-order valence-electron chi connectivity index (χ2n) is 4.13. The van der Waals surface area contributed by atoms with Crippen molar-refractivity contribution in [2.24, 2.45) is 0 Å². The van der Waals surface area contributed by atoms with E-state index < -0.39 is 11.0 Å². The van der Waals surface area contributed by atoms with Crippen LogP contribution in [0.3, 0.4) is 0 Å². The van der Waals surface area contributed by atoms with Gasteiger partial charge in [-0.25, -0.2) is 4.21 Å². The largest absolute Gasteiger partial charge is 0.378 e. The molecule has 0 amide bonds. The van der Waals surface area contributed by atoms with Crippen molar-refractivity contribution >= 4 is 22.4 Å². The van der Waals surface area contributed by atoms with Crippen molar-refractivity contribution in [3.8, 4) is 0 Å². The molecule has 0 aliphatic rings. The Hall–Kier alpha value is -1.81. The van der Waals surface area contributed by atoms with E-state index in [0.29, 0.717) is 0 Å². The highest BCUT2D eigenvalue weighted by molar-refractivity contribution is 7.86. The second kappa shape index (κ2) is 5.69. The average molecular weight is 260 g/mol. The molecular formula is C14H16N2OS. The zero-order valence-corrected chi connectivity index (χ0v) is 11.3. The third-order valence-electron chi connectivity index (χ3n) is 2.55. The Balaban J connectivity index is 2.10. The standard InChI is InChI=1S/C14H16N2OS/c1-16(2)13-8-10-14(11-9-13)18(17)15-12-6-4-3-5-7-12/h3-11,15H,1-2H3/t18-/m1/s1. The highest BCUT2D eigenvalue weighted by Crippen LogP contribution is 2.16. The molecule has 2 aromatic carbocycles. The van der Waals surface area contributed by atoms with E-state index >= 15 is 0 Å². The first-order chi connectivity index (χ1) is 8.66. The third kappa shape index (κ3) is 3.11. The smallest absolute Gasteiger partial charge is 0.150 e. The van der Waals surface area contributed by atoms with E-state index in [1.165, 1.54) is 0 Å². The summed E-state index contributed by atoms with van der Waals surface area (Å²) in [5, 5.41) is 0. The van der Waals surface area contributed by atoms with Crippen LogP contribution in [0.4, 0.5) is 11.4 Å². The van der Waals surface area contributed by atoms with E-state index in [1.54, 1.807) is 0 Å². The van der Waals surface area contributed by atoms with Crippen molar-refractivity contribution in [2.75, 3.05) is 23.7 Å². The summed E-state index contributed by atoms with van der Waals surface area (Å²) in [6, 6.07) is 17.2. The Morgan fingerprint density at radius 3 is 2.11 bits per heavy atom. The molecule has 0 saturated heterocycles. The molecule has 4 heteroatoms. The summed E-state index contributed by atoms with van der Waals surface area (Å²) in [6.45, 7) is 0. The molecule has 2 rings (SSSR count). The molecule has 3 nitrogen and oxygen atoms in total. The van der Waals surface area contributed by atoms with Crippen LogP contribution < -0.4 is 9.62 Å². The lowest BCUT2D eigenvalue weighted by Gasteiger charge is -2.12. The van der Waals surface area contributed by atoms with E-state index in [2.05, 4.69) is 4.72 Å². The van der Waals surface area contributed by atoms with Gasteiger partial charge in [0, 0.05) is 25.5 Å². The fourth-order valence-electron chi connectivity index (χ4n) is 1.54. The minimum Gasteiger partial charge on any atom is -0.378 e. The molecule has 0 radical (unpaired) electrons. The Bertz CT molecular complexity index is 523. The Morgan fingerprint density at radius 1 is 0.944 bits per heavy atom. The molecule has 18 heavy (non-hydrogen) atoms. The maximum absolute atomic E-state index is 12.1. The van der Waals surface area contributed by atoms with Gasteiger partial charge in [-0.2, -0.15) is 0 Å². The predicted octanol–water partition coefficient (Wildman–Crippen LogP) is 2.89. The third-order valence-corrected chi connectivity index (χ3v) is 3.67. The van der Waals surface area contributed by atoms with Gasteiger partial charge in [0.25, 0.3) is 0 Å². The van der Waals surface area contributed by atoms with Gasteiger partial charge in [0.15, 0.2) is 0 Å². The SMILES string of the molecule is CN(C)c1ccc([S@@](=O)Nc2ccccc2)cc1. The molecule has 2 aromatic rings. The molecule has 0 heterocycles. The first kappa shape index (κ1) is 12.6. The van der Waals surface area contributed by atoms with Gasteiger partial charge in [-0.3, -0.25) is 0 Å². The van der Waals surface area contributed by atoms with Crippen molar-refractivity contribution in [2.45, 2.75) is 4.90 Å². The monoisotopic (exact) mass is 260 g/mol. The summed E-state index contributed by atoms with van der Waals surface area (Å²) in [6.07, 6.45) is 0. The van der Waals surface area contributed by atoms with Crippen LogP contribution in [0.5, 0.6) is 0 Å². The predicted molar refractivity (Wildman–Crippen MR) is 77.2 cm³/mol. The summed E-state index contributed by atoms with van der Waals surface area (Å²) in [4.78, 5) is 2.78. The maximum atomic E-state index is 12.1. The second-order valence-corrected chi connectivity index (χ2v) is 5.34. The highest BCUT2D eigenvalue weighted by atomic mass is 32.2. The number of hydrogen-bond donors (Lipinski definition) is 1. The number of para-hydroxylation sites is 1. The summed E-state index contributed by atoms with van der Waals surface area (Å²) >= 11 is 0. The van der Waals surface area contributed by atoms with Crippen LogP contribution in [0, 0.1) is 0 Å². The molecule has 0 saturated carbocycles. The van der Waals surface area contributed by atoms with Crippen LogP contribution in [0.15, 0.2) is 59.5 Å². The van der Waals surface area contributed by atoms with Gasteiger partial charge >= 0.3 is 0 Å². The number of hydrogen-bond acceptors (Lipinski definition) is 2. The Morgan fingerprint density at radius 2 is 1.56 bits per heavy atom. The van der Waals surface area contributed by atoms with Crippen LogP contribution in [0.25, 0.3) is 0 Å². The lowest BCUT2D eigenvalue weighted by Crippen LogP contribution is -2.09. The molecule has 1 N–H and O–H groups in total. The van der Waals surface area contributed by atoms with Crippen molar-refractivity contribution in [1.29, 1.82) is 0 Å². The van der Waals surface area contributed by atoms with E-state index in [1.807, 2.05) is 73.6 Å². The van der Waals surface area contributed by atoms with E-state index in [4.69, 9.17) is 0 Å². The maximum Gasteiger partial charge on any atom is 0.150 e. The lowest BCUT2D eigenvalue weighted by atomic mass is 10.3. The Labute approximate surface area is 110 Å². The van der Waals surface area contributed by atoms with Crippen LogP contribution in [-0.4, -0.2) is 18.3 Å². The zero-order valence-electron chi connectivity index (χ0n) is 10.5. The summed E-state index contributed by atoms with van der Waals surface area (Å²) in [7, 11) is 2.74. The lowest BCUT2D eigenvalue weighted by molar-refractivity contribution is 0.686. The van der Waals surface area contributed by atoms with Crippen LogP contribution in [0.2, 0.25) is 0 Å². The van der Waals surface area contributed by atoms with Gasteiger partial charge in [0.1, 0.15) is 11.0 Å². The molecule has 0 unspecified atom stereocenters. The quantitative estimate of drug-likeness (QED) is 0.916. The normalized spacial score (nSPS) is 11.9. The molecule has 0 aliphatic heterocycles. The average Bonchev–Trinajstić information content (AvgIpc) is 2.40. The van der Waals surface area contributed by atoms with Crippen LogP contribution in [-0.2, 0) is 11.0 Å². The molecule has 0 bridgehead atoms. The van der Waals surface area contributed by atoms with Gasteiger partial charge in [0.2, 0.25) is 0 Å². The molecule has 0 aliphatic carbocycles. The number of anilines is 2. The van der Waals surface area contributed by atoms with Crippen molar-refractivity contribution in [3.63, 3.8) is 0 Å². The summed E-state index contributed by atoms with van der Waals surface area (Å²) in [5.74, 6) is 0. The number of rotatable bonds is 4. The number of benzene rings is 2. The van der Waals surface area contributed by atoms with Gasteiger partial charge in [-0.05, 0) is 36.4 Å². The van der Waals surface area contributed by atoms with Gasteiger partial charge in [0.05, 0.1) is 4.90 Å². The molecule has 0 fully saturated rings. The Kier molecular flexibility index (Phi) is 3.99. The molecule has 0 aromatic heterocycles. The van der Waals surface area contributed by atoms with E-state index in [-0.39, 0.29) is 0 Å². The van der Waals surface area contributed by atoms with Gasteiger partial charge in [-0.15, -0.1) is 0 Å². The highest BCUT2D eigenvalue weighted by Gasteiger charge is 2.04. The van der Waals surface area contributed by atoms with Crippen molar-refractivity contribution in [1.82, 2.24) is 0 Å². The number of nitrogens with one attached hydrogen (secondary N) is 1. The van der Waals surface area contributed by atoms with Crippen LogP contribution >= 0.6 is 0 Å². The van der Waals surface area contributed by atoms with Crippen LogP contribution in [0.1, 0.15) is 0 Å². The summed E-state index contributed by atoms with van der Waals surface area (Å²) < 4.78 is 15.0. The first-order valence-electron chi connectivity index (χ1n) is 5.67. The van der Waals surface area contributed by atoms with Gasteiger partial charge in [-0.1, -0.05) is 18.2 Å². The van der Waals surface area contributed by atoms with E-state index in [9.17, 15) is 4.21 Å². The minimum atomic E-state index is -1.22. The number of nitrogens with zero attached hydrogens (tertiary/aromatic N) is 1. The topological polar surface area (TPSA) is 32.3 Å². The molecule has 0 spiro atoms. The molecule has 94 valence electrons. The summed E-state index contributed by atoms with van der Waals surface area (Å²) in [5.41, 5.74) is 1.95. The fourth-order valence-corrected chi connectivity index (χ4v) is 2.39. The van der Waals surface area contributed by atoms with Gasteiger partial charge < -0.3 is 9.62 Å². The van der Waals surface area contributed by atoms with Crippen molar-refractivity contribution in [3.05, 3.63) is 54.6 Å². The van der Waals surface area contributed by atoms with Crippen molar-refractivity contribution < 1.29 is 4.21 Å². The molecule has 1 atom stereocenters. The fraction of sp³-hybridized carbons (Fsp3) is 0.143. The van der Waals surface area contributed by atoms with E-state index in [0.717, 1.165) is 16.3 Å². The molecular weight excluding hydrogens is 244 g/mol. The first-order valence-corrected chi connectivity index (χ1v) is 6.82. The zero-order chi connectivity index (χ0) is 13.0.